The van der Waals surface area contributed by atoms with Gasteiger partial charge in [0.15, 0.2) is 0 Å². The lowest BCUT2D eigenvalue weighted by atomic mass is 10.1. The lowest BCUT2D eigenvalue weighted by molar-refractivity contribution is 0.683. The molecule has 1 aromatic carbocycles. The van der Waals surface area contributed by atoms with E-state index in [4.69, 9.17) is 0 Å². The molecule has 0 radical (unpaired) electrons. The van der Waals surface area contributed by atoms with Crippen molar-refractivity contribution < 1.29 is 0 Å². The first kappa shape index (κ1) is 10.5. The first-order valence-corrected chi connectivity index (χ1v) is 5.87. The molecule has 2 rings (SSSR count). The zero-order valence-corrected chi connectivity index (χ0v) is 9.71. The van der Waals surface area contributed by atoms with E-state index in [2.05, 4.69) is 42.3 Å². The summed E-state index contributed by atoms with van der Waals surface area (Å²) in [6.07, 6.45) is 1.22. The molecule has 1 aliphatic heterocycles. The van der Waals surface area contributed by atoms with Gasteiger partial charge in [-0.3, -0.25) is 0 Å². The van der Waals surface area contributed by atoms with Crippen LogP contribution in [-0.2, 0) is 6.54 Å². The van der Waals surface area contributed by atoms with Gasteiger partial charge in [0.2, 0.25) is 0 Å². The lowest BCUT2D eigenvalue weighted by Gasteiger charge is -2.25. The minimum absolute atomic E-state index is 1.01. The van der Waals surface area contributed by atoms with Crippen molar-refractivity contribution in [3.63, 3.8) is 0 Å². The fourth-order valence-corrected chi connectivity index (χ4v) is 2.36. The third-order valence-corrected chi connectivity index (χ3v) is 3.01. The summed E-state index contributed by atoms with van der Waals surface area (Å²) in [4.78, 5) is 2.52. The zero-order valence-electron chi connectivity index (χ0n) is 9.71. The number of anilines is 1. The molecule has 0 aromatic heterocycles. The van der Waals surface area contributed by atoms with E-state index in [-0.39, 0.29) is 0 Å². The molecular formula is C13H20N2. The number of nitrogens with zero attached hydrogens (tertiary/aromatic N) is 1. The number of benzene rings is 1. The van der Waals surface area contributed by atoms with Crippen LogP contribution in [-0.4, -0.2) is 19.6 Å². The van der Waals surface area contributed by atoms with Crippen LogP contribution in [0.4, 0.5) is 5.69 Å². The molecule has 1 aliphatic rings. The Labute approximate surface area is 92.3 Å². The summed E-state index contributed by atoms with van der Waals surface area (Å²) in [6.45, 7) is 8.86. The number of fused-ring (bicyclic) bond motifs is 1. The van der Waals surface area contributed by atoms with Crippen molar-refractivity contribution in [3.8, 4) is 0 Å². The van der Waals surface area contributed by atoms with Gasteiger partial charge >= 0.3 is 0 Å². The fourth-order valence-electron chi connectivity index (χ4n) is 2.36. The predicted octanol–water partition coefficient (Wildman–Crippen LogP) is 2.31. The number of aryl methyl sites for hydroxylation is 1. The summed E-state index contributed by atoms with van der Waals surface area (Å²) in [6, 6.07) is 6.61. The minimum Gasteiger partial charge on any atom is -0.370 e. The van der Waals surface area contributed by atoms with Gasteiger partial charge in [0.05, 0.1) is 0 Å². The molecule has 0 fully saturated rings. The van der Waals surface area contributed by atoms with Crippen molar-refractivity contribution in [2.75, 3.05) is 24.5 Å². The third-order valence-electron chi connectivity index (χ3n) is 3.01. The molecule has 0 aliphatic carbocycles. The summed E-state index contributed by atoms with van der Waals surface area (Å²) in [5, 5.41) is 3.48. The number of rotatable bonds is 2. The molecule has 0 spiro atoms. The van der Waals surface area contributed by atoms with Gasteiger partial charge in [-0.2, -0.15) is 0 Å². The first-order chi connectivity index (χ1) is 7.33. The predicted molar refractivity (Wildman–Crippen MR) is 65.4 cm³/mol. The molecule has 1 heterocycles. The van der Waals surface area contributed by atoms with E-state index < -0.39 is 0 Å². The van der Waals surface area contributed by atoms with Crippen molar-refractivity contribution in [2.24, 2.45) is 0 Å². The van der Waals surface area contributed by atoms with Crippen LogP contribution in [0.3, 0.4) is 0 Å². The van der Waals surface area contributed by atoms with Crippen molar-refractivity contribution in [3.05, 3.63) is 29.3 Å². The summed E-state index contributed by atoms with van der Waals surface area (Å²) in [5.74, 6) is 0. The highest BCUT2D eigenvalue weighted by Crippen LogP contribution is 2.26. The largest absolute Gasteiger partial charge is 0.370 e. The maximum absolute atomic E-state index is 3.48. The SMILES string of the molecule is CCCN1CCNCc2cccc(C)c21. The Kier molecular flexibility index (Phi) is 3.27. The topological polar surface area (TPSA) is 15.3 Å². The number of hydrogen-bond acceptors (Lipinski definition) is 2. The quantitative estimate of drug-likeness (QED) is 0.795. The molecular weight excluding hydrogens is 184 g/mol. The molecule has 2 nitrogen and oxygen atoms in total. The van der Waals surface area contributed by atoms with Gasteiger partial charge < -0.3 is 10.2 Å². The Morgan fingerprint density at radius 3 is 3.07 bits per heavy atom. The first-order valence-electron chi connectivity index (χ1n) is 5.87. The van der Waals surface area contributed by atoms with Crippen LogP contribution in [0.25, 0.3) is 0 Å². The maximum atomic E-state index is 3.48. The van der Waals surface area contributed by atoms with Gasteiger partial charge in [0, 0.05) is 31.9 Å². The molecule has 2 heteroatoms. The maximum Gasteiger partial charge on any atom is 0.0441 e. The molecule has 0 saturated heterocycles. The van der Waals surface area contributed by atoms with Crippen molar-refractivity contribution >= 4 is 5.69 Å². The summed E-state index contributed by atoms with van der Waals surface area (Å²) in [5.41, 5.74) is 4.31. The van der Waals surface area contributed by atoms with Crippen LogP contribution in [0, 0.1) is 6.92 Å². The summed E-state index contributed by atoms with van der Waals surface area (Å²) >= 11 is 0. The van der Waals surface area contributed by atoms with Crippen molar-refractivity contribution in [1.82, 2.24) is 5.32 Å². The Hall–Kier alpha value is -1.02. The molecule has 15 heavy (non-hydrogen) atoms. The van der Waals surface area contributed by atoms with Gasteiger partial charge in [-0.15, -0.1) is 0 Å². The molecule has 0 unspecified atom stereocenters. The van der Waals surface area contributed by atoms with Crippen molar-refractivity contribution in [1.29, 1.82) is 0 Å². The van der Waals surface area contributed by atoms with Crippen LogP contribution >= 0.6 is 0 Å². The second-order valence-corrected chi connectivity index (χ2v) is 4.25. The van der Waals surface area contributed by atoms with Gasteiger partial charge in [-0.25, -0.2) is 0 Å². The standard InChI is InChI=1S/C13H20N2/c1-3-8-15-9-7-14-10-12-6-4-5-11(2)13(12)15/h4-6,14H,3,7-10H2,1-2H3. The van der Waals surface area contributed by atoms with E-state index >= 15 is 0 Å². The van der Waals surface area contributed by atoms with Gasteiger partial charge in [0.1, 0.15) is 0 Å². The normalized spacial score (nSPS) is 16.0. The molecule has 0 atom stereocenters. The number of nitrogens with one attached hydrogen (secondary N) is 1. The zero-order chi connectivity index (χ0) is 10.7. The average molecular weight is 204 g/mol. The van der Waals surface area contributed by atoms with E-state index in [1.165, 1.54) is 29.8 Å². The second kappa shape index (κ2) is 4.67. The highest BCUT2D eigenvalue weighted by Gasteiger charge is 2.15. The second-order valence-electron chi connectivity index (χ2n) is 4.25. The lowest BCUT2D eigenvalue weighted by Crippen LogP contribution is -2.29. The van der Waals surface area contributed by atoms with E-state index in [9.17, 15) is 0 Å². The highest BCUT2D eigenvalue weighted by molar-refractivity contribution is 5.59. The fraction of sp³-hybridized carbons (Fsp3) is 0.538. The minimum atomic E-state index is 1.01. The third kappa shape index (κ3) is 2.15. The molecule has 1 N–H and O–H groups in total. The summed E-state index contributed by atoms with van der Waals surface area (Å²) < 4.78 is 0. The van der Waals surface area contributed by atoms with Crippen LogP contribution in [0.2, 0.25) is 0 Å². The van der Waals surface area contributed by atoms with Gasteiger partial charge in [-0.1, -0.05) is 25.1 Å². The Bertz CT molecular complexity index is 333. The van der Waals surface area contributed by atoms with Crippen LogP contribution in [0.1, 0.15) is 24.5 Å². The molecule has 0 amide bonds. The smallest absolute Gasteiger partial charge is 0.0441 e. The summed E-state index contributed by atoms with van der Waals surface area (Å²) in [7, 11) is 0. The van der Waals surface area contributed by atoms with E-state index in [0.717, 1.165) is 19.6 Å². The Morgan fingerprint density at radius 2 is 2.27 bits per heavy atom. The van der Waals surface area contributed by atoms with Crippen LogP contribution in [0.5, 0.6) is 0 Å². The number of hydrogen-bond donors (Lipinski definition) is 1. The van der Waals surface area contributed by atoms with Crippen molar-refractivity contribution in [2.45, 2.75) is 26.8 Å². The highest BCUT2D eigenvalue weighted by atomic mass is 15.2. The van der Waals surface area contributed by atoms with Crippen LogP contribution in [0.15, 0.2) is 18.2 Å². The molecule has 82 valence electrons. The Balaban J connectivity index is 2.37. The van der Waals surface area contributed by atoms with Crippen LogP contribution < -0.4 is 10.2 Å². The van der Waals surface area contributed by atoms with Gasteiger partial charge in [0.25, 0.3) is 0 Å². The molecule has 1 aromatic rings. The molecule has 0 saturated carbocycles. The monoisotopic (exact) mass is 204 g/mol. The molecule has 0 bridgehead atoms. The average Bonchev–Trinajstić information content (AvgIpc) is 2.42. The van der Waals surface area contributed by atoms with Gasteiger partial charge in [-0.05, 0) is 24.5 Å². The Morgan fingerprint density at radius 1 is 1.40 bits per heavy atom. The van der Waals surface area contributed by atoms with E-state index in [0.29, 0.717) is 0 Å². The van der Waals surface area contributed by atoms with E-state index in [1.807, 2.05) is 0 Å². The number of para-hydroxylation sites is 1. The van der Waals surface area contributed by atoms with E-state index in [1.54, 1.807) is 0 Å².